The van der Waals surface area contributed by atoms with E-state index in [0.717, 1.165) is 22.3 Å². The first-order valence-electron chi connectivity index (χ1n) is 11.4. The Morgan fingerprint density at radius 1 is 0.943 bits per heavy atom. The summed E-state index contributed by atoms with van der Waals surface area (Å²) in [6.07, 6.45) is -4.93. The Morgan fingerprint density at radius 3 is 2.14 bits per heavy atom. The third-order valence-electron chi connectivity index (χ3n) is 6.79. The molecular formula is C27H24F3NO4. The van der Waals surface area contributed by atoms with Crippen LogP contribution in [0.4, 0.5) is 18.0 Å². The van der Waals surface area contributed by atoms with Gasteiger partial charge in [0.15, 0.2) is 0 Å². The van der Waals surface area contributed by atoms with E-state index in [0.29, 0.717) is 5.56 Å². The molecule has 0 atom stereocenters. The molecule has 1 aliphatic heterocycles. The van der Waals surface area contributed by atoms with Crippen molar-refractivity contribution in [2.45, 2.75) is 30.7 Å². The van der Waals surface area contributed by atoms with Gasteiger partial charge in [-0.25, -0.2) is 4.79 Å². The minimum Gasteiger partial charge on any atom is -0.448 e. The number of carbonyl (C=O) groups excluding carboxylic acids is 1. The minimum atomic E-state index is -4.81. The summed E-state index contributed by atoms with van der Waals surface area (Å²) in [5.41, 5.74) is 3.50. The quantitative estimate of drug-likeness (QED) is 0.508. The average Bonchev–Trinajstić information content (AvgIpc) is 3.16. The third kappa shape index (κ3) is 4.71. The van der Waals surface area contributed by atoms with E-state index in [1.807, 2.05) is 36.4 Å². The largest absolute Gasteiger partial charge is 0.573 e. The second-order valence-electron chi connectivity index (χ2n) is 8.90. The van der Waals surface area contributed by atoms with Gasteiger partial charge in [0.25, 0.3) is 0 Å². The maximum absolute atomic E-state index is 12.8. The van der Waals surface area contributed by atoms with Crippen LogP contribution in [0.5, 0.6) is 5.75 Å². The van der Waals surface area contributed by atoms with Gasteiger partial charge in [0.1, 0.15) is 12.4 Å². The lowest BCUT2D eigenvalue weighted by molar-refractivity contribution is -0.274. The first-order chi connectivity index (χ1) is 16.7. The van der Waals surface area contributed by atoms with Gasteiger partial charge in [0.2, 0.25) is 0 Å². The lowest BCUT2D eigenvalue weighted by Gasteiger charge is -2.38. The van der Waals surface area contributed by atoms with Gasteiger partial charge in [-0.15, -0.1) is 13.2 Å². The summed E-state index contributed by atoms with van der Waals surface area (Å²) in [4.78, 5) is 14.3. The highest BCUT2D eigenvalue weighted by Gasteiger charge is 2.38. The van der Waals surface area contributed by atoms with Crippen molar-refractivity contribution in [3.63, 3.8) is 0 Å². The van der Waals surface area contributed by atoms with Crippen molar-refractivity contribution in [3.8, 4) is 16.9 Å². The molecular weight excluding hydrogens is 459 g/mol. The molecule has 1 heterocycles. The molecule has 5 nitrogen and oxygen atoms in total. The van der Waals surface area contributed by atoms with Crippen LogP contribution in [0.25, 0.3) is 11.1 Å². The Labute approximate surface area is 200 Å². The van der Waals surface area contributed by atoms with Gasteiger partial charge < -0.3 is 19.5 Å². The number of fused-ring (bicyclic) bond motifs is 3. The van der Waals surface area contributed by atoms with Gasteiger partial charge in [-0.05, 0) is 52.8 Å². The standard InChI is InChI=1S/C27H24F3NO4/c28-27(29,30)35-19-7-5-6-18(16-19)26(33)12-14-31(15-13-26)25(32)34-17-24-22-10-3-1-8-20(22)21-9-2-4-11-23(21)24/h1-11,16,24,33H,12-15,17H2. The smallest absolute Gasteiger partial charge is 0.448 e. The van der Waals surface area contributed by atoms with Gasteiger partial charge in [0.05, 0.1) is 5.60 Å². The van der Waals surface area contributed by atoms with Gasteiger partial charge >= 0.3 is 12.5 Å². The van der Waals surface area contributed by atoms with Crippen LogP contribution in [0.2, 0.25) is 0 Å². The van der Waals surface area contributed by atoms with Crippen molar-refractivity contribution >= 4 is 6.09 Å². The number of hydrogen-bond acceptors (Lipinski definition) is 4. The Bertz CT molecular complexity index is 1190. The van der Waals surface area contributed by atoms with E-state index in [1.54, 1.807) is 6.07 Å². The number of alkyl halides is 3. The second-order valence-corrected chi connectivity index (χ2v) is 8.90. The molecule has 0 aromatic heterocycles. The Morgan fingerprint density at radius 2 is 1.54 bits per heavy atom. The number of benzene rings is 3. The van der Waals surface area contributed by atoms with Crippen molar-refractivity contribution < 1.29 is 32.5 Å². The van der Waals surface area contributed by atoms with Crippen LogP contribution in [0, 0.1) is 0 Å². The molecule has 0 unspecified atom stereocenters. The molecule has 182 valence electrons. The highest BCUT2D eigenvalue weighted by atomic mass is 19.4. The predicted molar refractivity (Wildman–Crippen MR) is 123 cm³/mol. The molecule has 0 bridgehead atoms. The molecule has 8 heteroatoms. The summed E-state index contributed by atoms with van der Waals surface area (Å²) in [6, 6.07) is 21.5. The first kappa shape index (κ1) is 23.2. The van der Waals surface area contributed by atoms with Crippen LogP contribution in [0.3, 0.4) is 0 Å². The number of carbonyl (C=O) groups is 1. The monoisotopic (exact) mass is 483 g/mol. The number of likely N-dealkylation sites (tertiary alicyclic amines) is 1. The molecule has 5 rings (SSSR count). The summed E-state index contributed by atoms with van der Waals surface area (Å²) in [6.45, 7) is 0.638. The number of ether oxygens (including phenoxy) is 2. The van der Waals surface area contributed by atoms with Crippen molar-refractivity contribution in [1.29, 1.82) is 0 Å². The van der Waals surface area contributed by atoms with Crippen LogP contribution < -0.4 is 4.74 Å². The number of piperidine rings is 1. The number of hydrogen-bond donors (Lipinski definition) is 1. The molecule has 0 spiro atoms. The zero-order valence-electron chi connectivity index (χ0n) is 18.8. The van der Waals surface area contributed by atoms with Gasteiger partial charge in [-0.3, -0.25) is 0 Å². The van der Waals surface area contributed by atoms with Gasteiger partial charge in [-0.2, -0.15) is 0 Å². The summed E-state index contributed by atoms with van der Waals surface area (Å²) >= 11 is 0. The van der Waals surface area contributed by atoms with E-state index < -0.39 is 18.1 Å². The molecule has 1 fully saturated rings. The number of nitrogens with zero attached hydrogens (tertiary/aromatic N) is 1. The van der Waals surface area contributed by atoms with Crippen molar-refractivity contribution in [1.82, 2.24) is 4.90 Å². The maximum atomic E-state index is 12.8. The van der Waals surface area contributed by atoms with E-state index >= 15 is 0 Å². The lowest BCUT2D eigenvalue weighted by atomic mass is 9.84. The SMILES string of the molecule is O=C(OCC1c2ccccc2-c2ccccc21)N1CCC(O)(c2cccc(OC(F)(F)F)c2)CC1. The fourth-order valence-electron chi connectivity index (χ4n) is 5.02. The molecule has 35 heavy (non-hydrogen) atoms. The van der Waals surface area contributed by atoms with Crippen LogP contribution in [-0.4, -0.2) is 42.2 Å². The van der Waals surface area contributed by atoms with Crippen LogP contribution in [-0.2, 0) is 10.3 Å². The van der Waals surface area contributed by atoms with E-state index in [1.165, 1.54) is 23.1 Å². The summed E-state index contributed by atoms with van der Waals surface area (Å²) < 4.78 is 47.3. The third-order valence-corrected chi connectivity index (χ3v) is 6.79. The number of aliphatic hydroxyl groups is 1. The Kier molecular flexibility index (Phi) is 5.92. The van der Waals surface area contributed by atoms with E-state index in [4.69, 9.17) is 4.74 Å². The maximum Gasteiger partial charge on any atom is 0.573 e. The van der Waals surface area contributed by atoms with Crippen LogP contribution >= 0.6 is 0 Å². The molecule has 1 amide bonds. The molecule has 3 aromatic rings. The van der Waals surface area contributed by atoms with Crippen molar-refractivity contribution in [2.24, 2.45) is 0 Å². The summed E-state index contributed by atoms with van der Waals surface area (Å²) in [7, 11) is 0. The molecule has 2 aliphatic rings. The Balaban J connectivity index is 1.22. The normalized spacial score (nSPS) is 17.0. The molecule has 0 saturated carbocycles. The van der Waals surface area contributed by atoms with E-state index in [9.17, 15) is 23.1 Å². The van der Waals surface area contributed by atoms with Crippen LogP contribution in [0.15, 0.2) is 72.8 Å². The van der Waals surface area contributed by atoms with Crippen molar-refractivity contribution in [3.05, 3.63) is 89.5 Å². The number of halogens is 3. The Hall–Kier alpha value is -3.52. The average molecular weight is 483 g/mol. The zero-order valence-corrected chi connectivity index (χ0v) is 18.8. The highest BCUT2D eigenvalue weighted by Crippen LogP contribution is 2.44. The second kappa shape index (κ2) is 8.92. The van der Waals surface area contributed by atoms with Gasteiger partial charge in [-0.1, -0.05) is 60.7 Å². The van der Waals surface area contributed by atoms with E-state index in [-0.39, 0.29) is 44.2 Å². The van der Waals surface area contributed by atoms with Crippen LogP contribution in [0.1, 0.15) is 35.4 Å². The lowest BCUT2D eigenvalue weighted by Crippen LogP contribution is -2.45. The summed E-state index contributed by atoms with van der Waals surface area (Å²) in [5, 5.41) is 11.1. The molecule has 0 radical (unpaired) electrons. The first-order valence-corrected chi connectivity index (χ1v) is 11.4. The topological polar surface area (TPSA) is 59.0 Å². The highest BCUT2D eigenvalue weighted by molar-refractivity contribution is 5.79. The van der Waals surface area contributed by atoms with Gasteiger partial charge in [0, 0.05) is 19.0 Å². The number of amides is 1. The molecule has 1 saturated heterocycles. The summed E-state index contributed by atoms with van der Waals surface area (Å²) in [5.74, 6) is -0.438. The minimum absolute atomic E-state index is 0.0514. The van der Waals surface area contributed by atoms with Crippen molar-refractivity contribution in [2.75, 3.05) is 19.7 Å². The van der Waals surface area contributed by atoms with E-state index in [2.05, 4.69) is 16.9 Å². The molecule has 3 aromatic carbocycles. The fraction of sp³-hybridized carbons (Fsp3) is 0.296. The fourth-order valence-corrected chi connectivity index (χ4v) is 5.02. The molecule has 1 aliphatic carbocycles. The number of rotatable bonds is 4. The zero-order chi connectivity index (χ0) is 24.6. The predicted octanol–water partition coefficient (Wildman–Crippen LogP) is 5.82. The molecule has 1 N–H and O–H groups in total.